The Morgan fingerprint density at radius 3 is 3.05 bits per heavy atom. The highest BCUT2D eigenvalue weighted by molar-refractivity contribution is 6.33. The average molecular weight is 348 g/mol. The van der Waals surface area contributed by atoms with Crippen LogP contribution in [0.2, 0.25) is 5.02 Å². The second-order valence-electron chi connectivity index (χ2n) is 5.81. The van der Waals surface area contributed by atoms with Crippen molar-refractivity contribution in [2.24, 2.45) is 5.92 Å². The zero-order chi connectivity index (χ0) is 14.8. The third-order valence-electron chi connectivity index (χ3n) is 4.31. The van der Waals surface area contributed by atoms with Gasteiger partial charge in [0.1, 0.15) is 5.82 Å². The van der Waals surface area contributed by atoms with Gasteiger partial charge in [0.05, 0.1) is 17.3 Å². The molecule has 2 saturated heterocycles. The number of likely N-dealkylation sites (tertiary alicyclic amines) is 1. The van der Waals surface area contributed by atoms with Crippen molar-refractivity contribution in [3.8, 4) is 0 Å². The van der Waals surface area contributed by atoms with E-state index in [0.29, 0.717) is 24.2 Å². The summed E-state index contributed by atoms with van der Waals surface area (Å²) in [6, 6.07) is 4.60. The molecule has 2 fully saturated rings. The van der Waals surface area contributed by atoms with Crippen molar-refractivity contribution in [2.45, 2.75) is 18.9 Å². The van der Waals surface area contributed by atoms with Gasteiger partial charge in [-0.2, -0.15) is 0 Å². The Labute approximate surface area is 140 Å². The summed E-state index contributed by atoms with van der Waals surface area (Å²) in [6.45, 7) is 3.33. The topological polar surface area (TPSA) is 44.4 Å². The van der Waals surface area contributed by atoms with Gasteiger partial charge in [-0.15, -0.1) is 12.4 Å². The van der Waals surface area contributed by atoms with Crippen molar-refractivity contribution in [3.63, 3.8) is 0 Å². The second kappa shape index (κ2) is 7.59. The van der Waals surface area contributed by atoms with Crippen molar-refractivity contribution in [3.05, 3.63) is 29.0 Å². The monoisotopic (exact) mass is 347 g/mol. The third-order valence-corrected chi connectivity index (χ3v) is 4.62. The van der Waals surface area contributed by atoms with E-state index in [9.17, 15) is 9.18 Å². The zero-order valence-electron chi connectivity index (χ0n) is 12.1. The Bertz CT molecular complexity index is 544. The van der Waals surface area contributed by atoms with Crippen LogP contribution in [0.25, 0.3) is 0 Å². The molecule has 2 aliphatic heterocycles. The Morgan fingerprint density at radius 2 is 2.27 bits per heavy atom. The first-order valence-electron chi connectivity index (χ1n) is 7.32. The number of amides is 1. The number of rotatable bonds is 3. The smallest absolute Gasteiger partial charge is 0.238 e. The van der Waals surface area contributed by atoms with Gasteiger partial charge in [-0.25, -0.2) is 4.39 Å². The fourth-order valence-corrected chi connectivity index (χ4v) is 3.46. The molecule has 1 aromatic carbocycles. The maximum atomic E-state index is 13.0. The molecule has 4 nitrogen and oxygen atoms in total. The molecule has 2 N–H and O–H groups in total. The van der Waals surface area contributed by atoms with Gasteiger partial charge in [0, 0.05) is 19.1 Å². The van der Waals surface area contributed by atoms with Crippen molar-refractivity contribution in [2.75, 3.05) is 31.5 Å². The number of carbonyl (C=O) groups is 1. The van der Waals surface area contributed by atoms with Crippen LogP contribution in [-0.4, -0.2) is 43.0 Å². The van der Waals surface area contributed by atoms with Crippen LogP contribution in [-0.2, 0) is 4.79 Å². The van der Waals surface area contributed by atoms with E-state index < -0.39 is 5.82 Å². The van der Waals surface area contributed by atoms with Crippen molar-refractivity contribution in [1.82, 2.24) is 10.2 Å². The van der Waals surface area contributed by atoms with Gasteiger partial charge in [0.2, 0.25) is 5.91 Å². The lowest BCUT2D eigenvalue weighted by molar-refractivity contribution is -0.117. The van der Waals surface area contributed by atoms with Gasteiger partial charge in [-0.3, -0.25) is 9.69 Å². The first-order valence-corrected chi connectivity index (χ1v) is 7.70. The summed E-state index contributed by atoms with van der Waals surface area (Å²) in [6.07, 6.45) is 2.28. The van der Waals surface area contributed by atoms with Crippen LogP contribution in [0.5, 0.6) is 0 Å². The number of nitrogens with zero attached hydrogens (tertiary/aromatic N) is 1. The molecule has 2 atom stereocenters. The normalized spacial score (nSPS) is 24.5. The predicted octanol–water partition coefficient (Wildman–Crippen LogP) is 2.52. The molecule has 7 heteroatoms. The Balaban J connectivity index is 0.00000176. The van der Waals surface area contributed by atoms with Crippen LogP contribution in [0.15, 0.2) is 18.2 Å². The molecule has 2 unspecified atom stereocenters. The summed E-state index contributed by atoms with van der Waals surface area (Å²) in [5.74, 6) is 0.141. The highest BCUT2D eigenvalue weighted by atomic mass is 35.5. The lowest BCUT2D eigenvalue weighted by Crippen LogP contribution is -2.46. The van der Waals surface area contributed by atoms with E-state index in [2.05, 4.69) is 15.5 Å². The SMILES string of the molecule is Cl.O=C(CN1CCC2NCCC2C1)Nc1ccc(F)cc1Cl. The average Bonchev–Trinajstić information content (AvgIpc) is 2.89. The predicted molar refractivity (Wildman–Crippen MR) is 88.2 cm³/mol. The molecular formula is C15H20Cl2FN3O. The van der Waals surface area contributed by atoms with E-state index in [1.165, 1.54) is 24.6 Å². The summed E-state index contributed by atoms with van der Waals surface area (Å²) in [5, 5.41) is 6.48. The molecule has 2 heterocycles. The summed E-state index contributed by atoms with van der Waals surface area (Å²) >= 11 is 5.91. The number of carbonyl (C=O) groups excluding carboxylic acids is 1. The van der Waals surface area contributed by atoms with E-state index in [0.717, 1.165) is 26.1 Å². The summed E-state index contributed by atoms with van der Waals surface area (Å²) in [4.78, 5) is 14.3. The van der Waals surface area contributed by atoms with Gasteiger partial charge in [-0.05, 0) is 43.5 Å². The van der Waals surface area contributed by atoms with E-state index in [4.69, 9.17) is 11.6 Å². The number of anilines is 1. The summed E-state index contributed by atoms with van der Waals surface area (Å²) in [7, 11) is 0. The number of hydrogen-bond donors (Lipinski definition) is 2. The molecule has 0 aromatic heterocycles. The van der Waals surface area contributed by atoms with Crippen molar-refractivity contribution >= 4 is 35.6 Å². The Morgan fingerprint density at radius 1 is 1.45 bits per heavy atom. The van der Waals surface area contributed by atoms with E-state index in [-0.39, 0.29) is 23.3 Å². The molecule has 0 saturated carbocycles. The van der Waals surface area contributed by atoms with Gasteiger partial charge in [-0.1, -0.05) is 11.6 Å². The summed E-state index contributed by atoms with van der Waals surface area (Å²) < 4.78 is 13.0. The Hall–Kier alpha value is -0.880. The van der Waals surface area contributed by atoms with Crippen LogP contribution in [0.4, 0.5) is 10.1 Å². The molecule has 2 aliphatic rings. The van der Waals surface area contributed by atoms with E-state index in [1.807, 2.05) is 0 Å². The lowest BCUT2D eigenvalue weighted by Gasteiger charge is -2.34. The third kappa shape index (κ3) is 4.10. The number of piperidine rings is 1. The maximum absolute atomic E-state index is 13.0. The van der Waals surface area contributed by atoms with Gasteiger partial charge >= 0.3 is 0 Å². The number of benzene rings is 1. The first kappa shape index (κ1) is 17.5. The quantitative estimate of drug-likeness (QED) is 0.882. The minimum atomic E-state index is -0.409. The highest BCUT2D eigenvalue weighted by Crippen LogP contribution is 2.25. The largest absolute Gasteiger partial charge is 0.324 e. The zero-order valence-corrected chi connectivity index (χ0v) is 13.7. The lowest BCUT2D eigenvalue weighted by atomic mass is 9.93. The van der Waals surface area contributed by atoms with E-state index >= 15 is 0 Å². The maximum Gasteiger partial charge on any atom is 0.238 e. The van der Waals surface area contributed by atoms with Gasteiger partial charge in [0.15, 0.2) is 0 Å². The molecule has 3 rings (SSSR count). The molecular weight excluding hydrogens is 328 g/mol. The molecule has 0 radical (unpaired) electrons. The molecule has 1 aromatic rings. The number of halogens is 3. The highest BCUT2D eigenvalue weighted by Gasteiger charge is 2.32. The standard InChI is InChI=1S/C15H19ClFN3O.ClH/c16-12-7-11(17)1-2-14(12)19-15(21)9-20-6-4-13-10(8-20)3-5-18-13;/h1-2,7,10,13,18H,3-6,8-9H2,(H,19,21);1H. The molecule has 1 amide bonds. The number of hydrogen-bond acceptors (Lipinski definition) is 3. The second-order valence-corrected chi connectivity index (χ2v) is 6.21. The van der Waals surface area contributed by atoms with Crippen LogP contribution in [0.1, 0.15) is 12.8 Å². The first-order chi connectivity index (χ1) is 10.1. The van der Waals surface area contributed by atoms with Gasteiger partial charge in [0.25, 0.3) is 0 Å². The number of nitrogens with one attached hydrogen (secondary N) is 2. The van der Waals surface area contributed by atoms with Crippen molar-refractivity contribution in [1.29, 1.82) is 0 Å². The molecule has 122 valence electrons. The van der Waals surface area contributed by atoms with Crippen LogP contribution >= 0.6 is 24.0 Å². The minimum Gasteiger partial charge on any atom is -0.324 e. The molecule has 22 heavy (non-hydrogen) atoms. The Kier molecular flexibility index (Phi) is 6.03. The van der Waals surface area contributed by atoms with Gasteiger partial charge < -0.3 is 10.6 Å². The fraction of sp³-hybridized carbons (Fsp3) is 0.533. The minimum absolute atomic E-state index is 0. The molecule has 0 aliphatic carbocycles. The van der Waals surface area contributed by atoms with Crippen molar-refractivity contribution < 1.29 is 9.18 Å². The van der Waals surface area contributed by atoms with Crippen LogP contribution < -0.4 is 10.6 Å². The van der Waals surface area contributed by atoms with Crippen LogP contribution in [0, 0.1) is 11.7 Å². The van der Waals surface area contributed by atoms with Crippen LogP contribution in [0.3, 0.4) is 0 Å². The molecule has 0 spiro atoms. The molecule has 0 bridgehead atoms. The summed E-state index contributed by atoms with van der Waals surface area (Å²) in [5.41, 5.74) is 0.459. The van der Waals surface area contributed by atoms with E-state index in [1.54, 1.807) is 0 Å². The fourth-order valence-electron chi connectivity index (χ4n) is 3.25. The number of fused-ring (bicyclic) bond motifs is 1.